The maximum atomic E-state index is 4.88. The van der Waals surface area contributed by atoms with Crippen LogP contribution in [0.1, 0.15) is 57.3 Å². The van der Waals surface area contributed by atoms with Crippen LogP contribution in [0, 0.1) is 0 Å². The fraction of sp³-hybridized carbons (Fsp3) is 0.0952. The molecule has 2 unspecified atom stereocenters. The molecule has 4 aliphatic carbocycles. The molecule has 2 spiro atoms. The summed E-state index contributed by atoms with van der Waals surface area (Å²) in [4.78, 5) is 4.88. The van der Waals surface area contributed by atoms with E-state index in [1.807, 2.05) is 6.20 Å². The maximum Gasteiger partial charge on any atom is 0.0475 e. The fourth-order valence-corrected chi connectivity index (χ4v) is 13.7. The Kier molecular flexibility index (Phi) is 6.83. The first-order chi connectivity index (χ1) is 31.7. The zero-order valence-electron chi connectivity index (χ0n) is 35.3. The van der Waals surface area contributed by atoms with Crippen LogP contribution in [0.2, 0.25) is 0 Å². The summed E-state index contributed by atoms with van der Waals surface area (Å²) >= 11 is 0. The zero-order chi connectivity index (χ0) is 41.7. The van der Waals surface area contributed by atoms with Crippen LogP contribution in [0.15, 0.2) is 200 Å². The standard InChI is InChI=1S/C63H41N/c1-3-13-44-38(11-1)21-23-40-29-32-62(60(40)44)54-19-9-7-15-46(54)48-27-25-42(35-56(48)62)58-50-17-5-6-18-51(50)59(53-37-64-34-31-52(53)58)43-26-28-49-47-16-8-10-20-55(47)63(57(49)36-43)33-30-41-24-22-39-12-2-4-14-45(39)61(41)63/h1-28,31,34-37H,29-30,32-33H2. The molecule has 1 aromatic heterocycles. The Morgan fingerprint density at radius 2 is 0.781 bits per heavy atom. The number of rotatable bonds is 2. The molecule has 1 nitrogen and oxygen atoms in total. The summed E-state index contributed by atoms with van der Waals surface area (Å²) in [6.07, 6.45) is 8.38. The number of fused-ring (bicyclic) bond motifs is 20. The van der Waals surface area contributed by atoms with Crippen LogP contribution >= 0.6 is 0 Å². The van der Waals surface area contributed by atoms with Crippen LogP contribution in [0.3, 0.4) is 0 Å². The molecule has 4 aliphatic rings. The molecule has 64 heavy (non-hydrogen) atoms. The molecule has 0 bridgehead atoms. The molecule has 0 saturated carbocycles. The normalized spacial score (nSPS) is 18.5. The van der Waals surface area contributed by atoms with E-state index in [1.54, 1.807) is 0 Å². The lowest BCUT2D eigenvalue weighted by Crippen LogP contribution is -2.24. The van der Waals surface area contributed by atoms with Crippen molar-refractivity contribution in [1.29, 1.82) is 0 Å². The van der Waals surface area contributed by atoms with Crippen LogP contribution < -0.4 is 0 Å². The van der Waals surface area contributed by atoms with E-state index < -0.39 is 0 Å². The van der Waals surface area contributed by atoms with Gasteiger partial charge < -0.3 is 0 Å². The number of pyridine rings is 1. The van der Waals surface area contributed by atoms with Gasteiger partial charge in [0.1, 0.15) is 0 Å². The van der Waals surface area contributed by atoms with Crippen molar-refractivity contribution in [3.63, 3.8) is 0 Å². The Labute approximate surface area is 372 Å². The van der Waals surface area contributed by atoms with Gasteiger partial charge in [-0.1, -0.05) is 170 Å². The van der Waals surface area contributed by atoms with E-state index in [0.717, 1.165) is 25.7 Å². The predicted molar refractivity (Wildman–Crippen MR) is 265 cm³/mol. The summed E-state index contributed by atoms with van der Waals surface area (Å²) in [5, 5.41) is 10.3. The highest BCUT2D eigenvalue weighted by molar-refractivity contribution is 6.21. The Balaban J connectivity index is 0.977. The summed E-state index contributed by atoms with van der Waals surface area (Å²) in [5.41, 5.74) is 21.8. The summed E-state index contributed by atoms with van der Waals surface area (Å²) in [6.45, 7) is 0. The van der Waals surface area contributed by atoms with E-state index in [-0.39, 0.29) is 10.8 Å². The minimum atomic E-state index is -0.218. The zero-order valence-corrected chi connectivity index (χ0v) is 35.3. The van der Waals surface area contributed by atoms with Gasteiger partial charge in [0.15, 0.2) is 0 Å². The lowest BCUT2D eigenvalue weighted by molar-refractivity contribution is 0.630. The second-order valence-electron chi connectivity index (χ2n) is 18.8. The summed E-state index contributed by atoms with van der Waals surface area (Å²) in [7, 11) is 0. The van der Waals surface area contributed by atoms with E-state index in [4.69, 9.17) is 4.98 Å². The number of aromatic nitrogens is 1. The lowest BCUT2D eigenvalue weighted by atomic mass is 9.71. The van der Waals surface area contributed by atoms with E-state index >= 15 is 0 Å². The third kappa shape index (κ3) is 4.28. The molecule has 1 heterocycles. The van der Waals surface area contributed by atoms with Crippen molar-refractivity contribution < 1.29 is 0 Å². The van der Waals surface area contributed by atoms with Crippen LogP contribution in [-0.4, -0.2) is 4.98 Å². The van der Waals surface area contributed by atoms with Gasteiger partial charge in [-0.3, -0.25) is 4.98 Å². The highest BCUT2D eigenvalue weighted by atomic mass is 14.6. The largest absolute Gasteiger partial charge is 0.264 e. The number of hydrogen-bond donors (Lipinski definition) is 0. The molecular weight excluding hydrogens is 771 g/mol. The van der Waals surface area contributed by atoms with Crippen LogP contribution in [-0.2, 0) is 23.7 Å². The van der Waals surface area contributed by atoms with Gasteiger partial charge in [-0.25, -0.2) is 0 Å². The second-order valence-corrected chi connectivity index (χ2v) is 18.8. The Bertz CT molecular complexity index is 3560. The average Bonchev–Trinajstić information content (AvgIpc) is 4.10. The number of nitrogens with zero attached hydrogens (tertiary/aromatic N) is 1. The van der Waals surface area contributed by atoms with Gasteiger partial charge in [-0.2, -0.15) is 0 Å². The number of hydrogen-bond acceptors (Lipinski definition) is 1. The van der Waals surface area contributed by atoms with Crippen molar-refractivity contribution >= 4 is 43.1 Å². The van der Waals surface area contributed by atoms with Crippen molar-refractivity contribution in [2.24, 2.45) is 0 Å². The number of benzene rings is 10. The first kappa shape index (κ1) is 34.9. The molecule has 0 aliphatic heterocycles. The molecule has 0 radical (unpaired) electrons. The van der Waals surface area contributed by atoms with Crippen molar-refractivity contribution in [2.45, 2.75) is 36.5 Å². The van der Waals surface area contributed by atoms with Gasteiger partial charge in [0, 0.05) is 28.6 Å². The quantitative estimate of drug-likeness (QED) is 0.159. The third-order valence-electron chi connectivity index (χ3n) is 16.1. The maximum absolute atomic E-state index is 4.88. The highest BCUT2D eigenvalue weighted by Gasteiger charge is 2.51. The summed E-state index contributed by atoms with van der Waals surface area (Å²) in [5.74, 6) is 0. The van der Waals surface area contributed by atoms with E-state index in [2.05, 4.69) is 194 Å². The van der Waals surface area contributed by atoms with Gasteiger partial charge >= 0.3 is 0 Å². The topological polar surface area (TPSA) is 12.9 Å². The third-order valence-corrected chi connectivity index (χ3v) is 16.1. The summed E-state index contributed by atoms with van der Waals surface area (Å²) in [6, 6.07) is 72.1. The predicted octanol–water partition coefficient (Wildman–Crippen LogP) is 15.6. The van der Waals surface area contributed by atoms with Crippen LogP contribution in [0.4, 0.5) is 0 Å². The smallest absolute Gasteiger partial charge is 0.0475 e. The molecule has 0 saturated heterocycles. The Morgan fingerprint density at radius 1 is 0.344 bits per heavy atom. The molecule has 0 N–H and O–H groups in total. The van der Waals surface area contributed by atoms with Crippen molar-refractivity contribution in [3.8, 4) is 44.5 Å². The van der Waals surface area contributed by atoms with Gasteiger partial charge in [-0.05, 0) is 171 Å². The lowest BCUT2D eigenvalue weighted by Gasteiger charge is -2.30. The van der Waals surface area contributed by atoms with E-state index in [1.165, 1.54) is 132 Å². The minimum Gasteiger partial charge on any atom is -0.264 e. The SMILES string of the molecule is c1ccc2c(c1)-c1ccc(-c3c4ccccc4c(-c4ccc5c(c4)C4(CCc6ccc7ccccc7c64)c4ccccc4-5)c4cnccc34)cc1C21CCc2ccc3ccccc3c21. The number of aryl methyl sites for hydroxylation is 2. The van der Waals surface area contributed by atoms with Crippen molar-refractivity contribution in [1.82, 2.24) is 4.98 Å². The molecule has 15 rings (SSSR count). The van der Waals surface area contributed by atoms with Crippen molar-refractivity contribution in [3.05, 3.63) is 245 Å². The fourth-order valence-electron chi connectivity index (χ4n) is 13.7. The van der Waals surface area contributed by atoms with Crippen LogP contribution in [0.25, 0.3) is 87.6 Å². The Morgan fingerprint density at radius 3 is 1.33 bits per heavy atom. The van der Waals surface area contributed by atoms with E-state index in [0.29, 0.717) is 0 Å². The second kappa shape index (κ2) is 12.5. The monoisotopic (exact) mass is 811 g/mol. The highest BCUT2D eigenvalue weighted by Crippen LogP contribution is 2.62. The molecule has 11 aromatic rings. The molecular formula is C63H41N. The molecule has 10 aromatic carbocycles. The molecule has 0 fully saturated rings. The summed E-state index contributed by atoms with van der Waals surface area (Å²) < 4.78 is 0. The van der Waals surface area contributed by atoms with Crippen molar-refractivity contribution in [2.75, 3.05) is 0 Å². The first-order valence-corrected chi connectivity index (χ1v) is 23.0. The average molecular weight is 812 g/mol. The van der Waals surface area contributed by atoms with Crippen LogP contribution in [0.5, 0.6) is 0 Å². The van der Waals surface area contributed by atoms with Gasteiger partial charge in [-0.15, -0.1) is 0 Å². The molecule has 0 amide bonds. The molecule has 298 valence electrons. The van der Waals surface area contributed by atoms with Gasteiger partial charge in [0.05, 0.1) is 0 Å². The molecule has 1 heteroatoms. The Hall–Kier alpha value is -7.61. The first-order valence-electron chi connectivity index (χ1n) is 23.0. The molecule has 2 atom stereocenters. The van der Waals surface area contributed by atoms with Gasteiger partial charge in [0.2, 0.25) is 0 Å². The van der Waals surface area contributed by atoms with Gasteiger partial charge in [0.25, 0.3) is 0 Å². The van der Waals surface area contributed by atoms with E-state index in [9.17, 15) is 0 Å². The minimum absolute atomic E-state index is 0.215.